The number of anilines is 1. The molecule has 0 unspecified atom stereocenters. The first-order chi connectivity index (χ1) is 9.10. The van der Waals surface area contributed by atoms with Gasteiger partial charge >= 0.3 is 0 Å². The molecular formula is C15H16ClFN2. The third kappa shape index (κ3) is 3.44. The molecule has 19 heavy (non-hydrogen) atoms. The summed E-state index contributed by atoms with van der Waals surface area (Å²) in [5, 5.41) is 0. The van der Waals surface area contributed by atoms with Crippen LogP contribution in [0.3, 0.4) is 0 Å². The molecule has 1 aromatic carbocycles. The largest absolute Gasteiger partial charge is 0.355 e. The zero-order valence-electron chi connectivity index (χ0n) is 11.0. The van der Waals surface area contributed by atoms with Crippen LogP contribution in [0.2, 0.25) is 0 Å². The van der Waals surface area contributed by atoms with E-state index in [1.807, 2.05) is 18.0 Å². The van der Waals surface area contributed by atoms with Gasteiger partial charge in [-0.05, 0) is 18.6 Å². The highest BCUT2D eigenvalue weighted by molar-refractivity contribution is 6.17. The number of rotatable bonds is 4. The molecule has 1 aromatic heterocycles. The minimum atomic E-state index is -0.358. The van der Waals surface area contributed by atoms with E-state index in [-0.39, 0.29) is 11.7 Å². The quantitative estimate of drug-likeness (QED) is 0.789. The first-order valence-electron chi connectivity index (χ1n) is 6.07. The highest BCUT2D eigenvalue weighted by atomic mass is 35.5. The van der Waals surface area contributed by atoms with E-state index in [0.29, 0.717) is 12.1 Å². The molecule has 0 aliphatic heterocycles. The highest BCUT2D eigenvalue weighted by Gasteiger charge is 2.10. The number of benzene rings is 1. The Morgan fingerprint density at radius 2 is 2.11 bits per heavy atom. The average Bonchev–Trinajstić information content (AvgIpc) is 2.38. The number of alkyl halides is 1. The maximum absolute atomic E-state index is 13.1. The molecule has 0 N–H and O–H groups in total. The maximum atomic E-state index is 13.1. The Kier molecular flexibility index (Phi) is 4.38. The number of hydrogen-bond acceptors (Lipinski definition) is 2. The number of pyridine rings is 1. The SMILES string of the molecule is Cc1cccc(CN(C)c2ncc(F)cc2CCl)c1. The van der Waals surface area contributed by atoms with Crippen molar-refractivity contribution in [2.45, 2.75) is 19.3 Å². The summed E-state index contributed by atoms with van der Waals surface area (Å²) in [7, 11) is 1.93. The van der Waals surface area contributed by atoms with Crippen LogP contribution in [0.1, 0.15) is 16.7 Å². The molecule has 1 heterocycles. The van der Waals surface area contributed by atoms with Gasteiger partial charge in [-0.15, -0.1) is 11.6 Å². The van der Waals surface area contributed by atoms with Gasteiger partial charge in [-0.3, -0.25) is 0 Å². The molecule has 0 atom stereocenters. The van der Waals surface area contributed by atoms with Crippen LogP contribution in [0.25, 0.3) is 0 Å². The lowest BCUT2D eigenvalue weighted by Gasteiger charge is -2.20. The molecule has 0 fully saturated rings. The molecule has 0 spiro atoms. The molecule has 0 aliphatic carbocycles. The Morgan fingerprint density at radius 1 is 1.32 bits per heavy atom. The van der Waals surface area contributed by atoms with Crippen LogP contribution in [0, 0.1) is 12.7 Å². The van der Waals surface area contributed by atoms with Gasteiger partial charge in [-0.1, -0.05) is 29.8 Å². The fourth-order valence-electron chi connectivity index (χ4n) is 2.08. The Morgan fingerprint density at radius 3 is 2.79 bits per heavy atom. The standard InChI is InChI=1S/C15H16ClFN2/c1-11-4-3-5-12(6-11)10-19(2)15-13(8-16)7-14(17)9-18-15/h3-7,9H,8,10H2,1-2H3. The van der Waals surface area contributed by atoms with Crippen molar-refractivity contribution in [1.82, 2.24) is 4.98 Å². The third-order valence-corrected chi connectivity index (χ3v) is 3.21. The van der Waals surface area contributed by atoms with Crippen LogP contribution in [-0.4, -0.2) is 12.0 Å². The Labute approximate surface area is 117 Å². The maximum Gasteiger partial charge on any atom is 0.141 e. The van der Waals surface area contributed by atoms with E-state index in [1.54, 1.807) is 0 Å². The van der Waals surface area contributed by atoms with Crippen molar-refractivity contribution < 1.29 is 4.39 Å². The molecule has 100 valence electrons. The van der Waals surface area contributed by atoms with Crippen LogP contribution in [-0.2, 0) is 12.4 Å². The second-order valence-electron chi connectivity index (χ2n) is 4.62. The predicted molar refractivity (Wildman–Crippen MR) is 77.0 cm³/mol. The first kappa shape index (κ1) is 13.8. The Hall–Kier alpha value is -1.61. The molecule has 0 saturated heterocycles. The van der Waals surface area contributed by atoms with Gasteiger partial charge in [0.05, 0.1) is 12.1 Å². The van der Waals surface area contributed by atoms with Crippen molar-refractivity contribution in [1.29, 1.82) is 0 Å². The van der Waals surface area contributed by atoms with Crippen molar-refractivity contribution in [3.63, 3.8) is 0 Å². The van der Waals surface area contributed by atoms with Crippen LogP contribution < -0.4 is 4.90 Å². The monoisotopic (exact) mass is 278 g/mol. The second-order valence-corrected chi connectivity index (χ2v) is 4.88. The molecule has 0 bridgehead atoms. The van der Waals surface area contributed by atoms with Gasteiger partial charge in [0.25, 0.3) is 0 Å². The van der Waals surface area contributed by atoms with Crippen molar-refractivity contribution in [2.75, 3.05) is 11.9 Å². The van der Waals surface area contributed by atoms with E-state index >= 15 is 0 Å². The van der Waals surface area contributed by atoms with Gasteiger partial charge in [-0.25, -0.2) is 9.37 Å². The van der Waals surface area contributed by atoms with Crippen molar-refractivity contribution in [2.24, 2.45) is 0 Å². The van der Waals surface area contributed by atoms with Gasteiger partial charge in [0.2, 0.25) is 0 Å². The summed E-state index contributed by atoms with van der Waals surface area (Å²) in [6, 6.07) is 9.71. The van der Waals surface area contributed by atoms with Crippen molar-refractivity contribution in [3.05, 3.63) is 59.0 Å². The average molecular weight is 279 g/mol. The fourth-order valence-corrected chi connectivity index (χ4v) is 2.27. The Balaban J connectivity index is 2.22. The minimum absolute atomic E-state index is 0.248. The lowest BCUT2D eigenvalue weighted by atomic mass is 10.1. The molecule has 4 heteroatoms. The van der Waals surface area contributed by atoms with E-state index in [9.17, 15) is 4.39 Å². The van der Waals surface area contributed by atoms with E-state index < -0.39 is 0 Å². The lowest BCUT2D eigenvalue weighted by Crippen LogP contribution is -2.19. The summed E-state index contributed by atoms with van der Waals surface area (Å²) in [5.74, 6) is 0.611. The van der Waals surface area contributed by atoms with Gasteiger partial charge in [0.15, 0.2) is 0 Å². The first-order valence-corrected chi connectivity index (χ1v) is 6.60. The second kappa shape index (κ2) is 6.02. The molecular weight excluding hydrogens is 263 g/mol. The fraction of sp³-hybridized carbons (Fsp3) is 0.267. The van der Waals surface area contributed by atoms with E-state index in [2.05, 4.69) is 30.1 Å². The summed E-state index contributed by atoms with van der Waals surface area (Å²) >= 11 is 5.84. The Bertz CT molecular complexity index is 572. The summed E-state index contributed by atoms with van der Waals surface area (Å²) in [6.45, 7) is 2.77. The molecule has 2 nitrogen and oxygen atoms in total. The molecule has 0 amide bonds. The van der Waals surface area contributed by atoms with E-state index in [4.69, 9.17) is 11.6 Å². The smallest absolute Gasteiger partial charge is 0.141 e. The molecule has 0 saturated carbocycles. The highest BCUT2D eigenvalue weighted by Crippen LogP contribution is 2.21. The normalized spacial score (nSPS) is 10.5. The van der Waals surface area contributed by atoms with E-state index in [0.717, 1.165) is 5.82 Å². The molecule has 2 aromatic rings. The molecule has 2 rings (SSSR count). The van der Waals surface area contributed by atoms with E-state index in [1.165, 1.54) is 23.4 Å². The van der Waals surface area contributed by atoms with Gasteiger partial charge in [0.1, 0.15) is 11.6 Å². The van der Waals surface area contributed by atoms with Gasteiger partial charge in [-0.2, -0.15) is 0 Å². The summed E-state index contributed by atoms with van der Waals surface area (Å²) in [5.41, 5.74) is 3.11. The molecule has 0 aliphatic rings. The number of aromatic nitrogens is 1. The van der Waals surface area contributed by atoms with Crippen molar-refractivity contribution in [3.8, 4) is 0 Å². The van der Waals surface area contributed by atoms with Crippen molar-refractivity contribution >= 4 is 17.4 Å². The third-order valence-electron chi connectivity index (χ3n) is 2.92. The predicted octanol–water partition coefficient (Wildman–Crippen LogP) is 3.90. The van der Waals surface area contributed by atoms with Crippen LogP contribution in [0.4, 0.5) is 10.2 Å². The number of halogens is 2. The number of hydrogen-bond donors (Lipinski definition) is 0. The minimum Gasteiger partial charge on any atom is -0.355 e. The lowest BCUT2D eigenvalue weighted by molar-refractivity contribution is 0.619. The van der Waals surface area contributed by atoms with Crippen LogP contribution in [0.5, 0.6) is 0 Å². The summed E-state index contributed by atoms with van der Waals surface area (Å²) in [4.78, 5) is 6.11. The topological polar surface area (TPSA) is 16.1 Å². The molecule has 0 radical (unpaired) electrons. The summed E-state index contributed by atoms with van der Waals surface area (Å²) < 4.78 is 13.1. The van der Waals surface area contributed by atoms with Gasteiger partial charge < -0.3 is 4.90 Å². The number of nitrogens with zero attached hydrogens (tertiary/aromatic N) is 2. The zero-order chi connectivity index (χ0) is 13.8. The summed E-state index contributed by atoms with van der Waals surface area (Å²) in [6.07, 6.45) is 1.22. The van der Waals surface area contributed by atoms with Crippen LogP contribution >= 0.6 is 11.6 Å². The number of aryl methyl sites for hydroxylation is 1. The van der Waals surface area contributed by atoms with Gasteiger partial charge in [0, 0.05) is 19.2 Å². The zero-order valence-corrected chi connectivity index (χ0v) is 11.8. The van der Waals surface area contributed by atoms with Crippen LogP contribution in [0.15, 0.2) is 36.5 Å².